The van der Waals surface area contributed by atoms with E-state index in [2.05, 4.69) is 16.0 Å². The summed E-state index contributed by atoms with van der Waals surface area (Å²) in [6.45, 7) is 2.79. The van der Waals surface area contributed by atoms with Crippen LogP contribution in [0.25, 0.3) is 0 Å². The third-order valence-corrected chi connectivity index (χ3v) is 10.1. The SMILES string of the molecule is COC(=O)[C@H](CCCCNC(=O)[C@@]1(c2ccccc2)CC[C@H](C(=O)N2CCC(NC(=O)c3ccccc3OC)CC2)c2ccccc21)NC(C)=O. The van der Waals surface area contributed by atoms with E-state index in [0.29, 0.717) is 75.9 Å². The lowest BCUT2D eigenvalue weighted by molar-refractivity contribution is -0.145. The minimum atomic E-state index is -0.991. The van der Waals surface area contributed by atoms with Gasteiger partial charge in [-0.3, -0.25) is 19.2 Å². The van der Waals surface area contributed by atoms with E-state index in [4.69, 9.17) is 9.47 Å². The number of rotatable bonds is 13. The van der Waals surface area contributed by atoms with Gasteiger partial charge < -0.3 is 30.3 Å². The fraction of sp³-hybridized carbons (Fsp3) is 0.425. The quantitative estimate of drug-likeness (QED) is 0.179. The summed E-state index contributed by atoms with van der Waals surface area (Å²) < 4.78 is 10.2. The van der Waals surface area contributed by atoms with E-state index in [1.165, 1.54) is 14.0 Å². The molecule has 0 radical (unpaired) electrons. The van der Waals surface area contributed by atoms with E-state index in [1.54, 1.807) is 25.3 Å². The molecular formula is C40H48N4O7. The van der Waals surface area contributed by atoms with Gasteiger partial charge in [-0.2, -0.15) is 0 Å². The molecule has 11 nitrogen and oxygen atoms in total. The molecule has 1 saturated heterocycles. The van der Waals surface area contributed by atoms with Crippen molar-refractivity contribution in [3.05, 3.63) is 101 Å². The van der Waals surface area contributed by atoms with Crippen molar-refractivity contribution in [2.75, 3.05) is 33.9 Å². The van der Waals surface area contributed by atoms with Gasteiger partial charge in [0.1, 0.15) is 11.8 Å². The van der Waals surface area contributed by atoms with Crippen LogP contribution >= 0.6 is 0 Å². The number of carbonyl (C=O) groups is 5. The van der Waals surface area contributed by atoms with E-state index in [0.717, 1.165) is 16.7 Å². The Kier molecular flexibility index (Phi) is 12.5. The Morgan fingerprint density at radius 2 is 1.55 bits per heavy atom. The van der Waals surface area contributed by atoms with Crippen molar-refractivity contribution in [3.8, 4) is 5.75 Å². The highest BCUT2D eigenvalue weighted by atomic mass is 16.5. The highest BCUT2D eigenvalue weighted by Gasteiger charge is 2.48. The van der Waals surface area contributed by atoms with E-state index in [1.807, 2.05) is 65.6 Å². The van der Waals surface area contributed by atoms with Crippen LogP contribution in [-0.4, -0.2) is 80.4 Å². The summed E-state index contributed by atoms with van der Waals surface area (Å²) >= 11 is 0. The van der Waals surface area contributed by atoms with Crippen molar-refractivity contribution in [3.63, 3.8) is 0 Å². The molecule has 0 saturated carbocycles. The summed E-state index contributed by atoms with van der Waals surface area (Å²) in [6, 6.07) is 23.8. The van der Waals surface area contributed by atoms with Crippen LogP contribution in [0.15, 0.2) is 78.9 Å². The van der Waals surface area contributed by atoms with Gasteiger partial charge in [0.25, 0.3) is 5.91 Å². The number of likely N-dealkylation sites (tertiary alicyclic amines) is 1. The molecule has 11 heteroatoms. The Hall–Kier alpha value is -5.19. The molecule has 51 heavy (non-hydrogen) atoms. The van der Waals surface area contributed by atoms with Gasteiger partial charge in [-0.15, -0.1) is 0 Å². The number of esters is 1. The van der Waals surface area contributed by atoms with Crippen molar-refractivity contribution >= 4 is 29.6 Å². The molecule has 1 fully saturated rings. The lowest BCUT2D eigenvalue weighted by Gasteiger charge is -2.42. The Labute approximate surface area is 299 Å². The first kappa shape index (κ1) is 37.1. The number of piperidine rings is 1. The highest BCUT2D eigenvalue weighted by Crippen LogP contribution is 2.48. The number of benzene rings is 3. The molecule has 1 heterocycles. The molecular weight excluding hydrogens is 648 g/mol. The fourth-order valence-electron chi connectivity index (χ4n) is 7.51. The van der Waals surface area contributed by atoms with Gasteiger partial charge in [-0.25, -0.2) is 4.79 Å². The maximum atomic E-state index is 14.3. The van der Waals surface area contributed by atoms with Crippen LogP contribution in [0.3, 0.4) is 0 Å². The molecule has 0 aromatic heterocycles. The Morgan fingerprint density at radius 3 is 2.25 bits per heavy atom. The lowest BCUT2D eigenvalue weighted by Crippen LogP contribution is -2.51. The number of methoxy groups -OCH3 is 2. The zero-order chi connectivity index (χ0) is 36.4. The molecule has 1 aliphatic carbocycles. The zero-order valence-corrected chi connectivity index (χ0v) is 29.6. The number of hydrogen-bond donors (Lipinski definition) is 3. The molecule has 5 rings (SSSR count). The van der Waals surface area contributed by atoms with E-state index < -0.39 is 23.3 Å². The average molecular weight is 697 g/mol. The van der Waals surface area contributed by atoms with Crippen LogP contribution in [0.4, 0.5) is 0 Å². The molecule has 1 aliphatic heterocycles. The first-order valence-electron chi connectivity index (χ1n) is 17.7. The zero-order valence-electron chi connectivity index (χ0n) is 29.6. The first-order valence-corrected chi connectivity index (χ1v) is 17.7. The van der Waals surface area contributed by atoms with Gasteiger partial charge in [0.05, 0.1) is 31.1 Å². The number of para-hydroxylation sites is 1. The molecule has 3 N–H and O–H groups in total. The fourth-order valence-corrected chi connectivity index (χ4v) is 7.51. The number of amides is 4. The average Bonchev–Trinajstić information content (AvgIpc) is 3.16. The van der Waals surface area contributed by atoms with Crippen LogP contribution in [0, 0.1) is 0 Å². The normalized spacial score (nSPS) is 19.2. The molecule has 0 bridgehead atoms. The predicted octanol–water partition coefficient (Wildman–Crippen LogP) is 4.24. The molecule has 270 valence electrons. The first-order chi connectivity index (χ1) is 24.7. The number of nitrogens with one attached hydrogen (secondary N) is 3. The van der Waals surface area contributed by atoms with Gasteiger partial charge in [0.2, 0.25) is 17.7 Å². The van der Waals surface area contributed by atoms with Crippen molar-refractivity contribution in [1.29, 1.82) is 0 Å². The third-order valence-electron chi connectivity index (χ3n) is 10.1. The third kappa shape index (κ3) is 8.41. The topological polar surface area (TPSA) is 143 Å². The van der Waals surface area contributed by atoms with Gasteiger partial charge in [-0.05, 0) is 73.8 Å². The van der Waals surface area contributed by atoms with Gasteiger partial charge in [0.15, 0.2) is 0 Å². The van der Waals surface area contributed by atoms with Gasteiger partial charge in [0, 0.05) is 32.6 Å². The number of hydrogen-bond acceptors (Lipinski definition) is 7. The molecule has 0 unspecified atom stereocenters. The molecule has 2 aliphatic rings. The number of fused-ring (bicyclic) bond motifs is 1. The summed E-state index contributed by atoms with van der Waals surface area (Å²) in [5.74, 6) is -0.969. The summed E-state index contributed by atoms with van der Waals surface area (Å²) in [4.78, 5) is 67.0. The number of carbonyl (C=O) groups excluding carboxylic acids is 5. The number of ether oxygens (including phenoxy) is 2. The van der Waals surface area contributed by atoms with Crippen molar-refractivity contribution in [1.82, 2.24) is 20.9 Å². The maximum Gasteiger partial charge on any atom is 0.328 e. The Balaban J connectivity index is 1.26. The lowest BCUT2D eigenvalue weighted by atomic mass is 9.62. The standard InChI is InChI=1S/C40H48N4O7/c1-27(45)42-34(38(48)51-3)18-11-12-24-41-39(49)40(28-13-5-4-6-14-28)23-20-31(30-15-7-9-17-33(30)40)37(47)44-25-21-29(22-26-44)43-36(46)32-16-8-10-19-35(32)50-2/h4-10,13-17,19,29,31,34H,11-12,18,20-26H2,1-3H3,(H,41,49)(H,42,45)(H,43,46)/t31-,34-,40+/m0/s1. The molecule has 4 amide bonds. The summed E-state index contributed by atoms with van der Waals surface area (Å²) in [7, 11) is 2.83. The molecule has 3 aromatic carbocycles. The van der Waals surface area contributed by atoms with Crippen LogP contribution in [0.2, 0.25) is 0 Å². The number of unbranched alkanes of at least 4 members (excludes halogenated alkanes) is 1. The largest absolute Gasteiger partial charge is 0.496 e. The van der Waals surface area contributed by atoms with Crippen LogP contribution in [0.1, 0.15) is 84.8 Å². The summed E-state index contributed by atoms with van der Waals surface area (Å²) in [5.41, 5.74) is 2.04. The van der Waals surface area contributed by atoms with Gasteiger partial charge >= 0.3 is 5.97 Å². The van der Waals surface area contributed by atoms with Crippen molar-refractivity contribution < 1.29 is 33.4 Å². The summed E-state index contributed by atoms with van der Waals surface area (Å²) in [6.07, 6.45) is 3.82. The van der Waals surface area contributed by atoms with Crippen LogP contribution < -0.4 is 20.7 Å². The van der Waals surface area contributed by atoms with Crippen molar-refractivity contribution in [2.24, 2.45) is 0 Å². The van der Waals surface area contributed by atoms with E-state index in [-0.39, 0.29) is 29.7 Å². The molecule has 0 spiro atoms. The monoisotopic (exact) mass is 696 g/mol. The molecule has 3 aromatic rings. The van der Waals surface area contributed by atoms with E-state index >= 15 is 0 Å². The summed E-state index contributed by atoms with van der Waals surface area (Å²) in [5, 5.41) is 8.89. The number of nitrogens with zero attached hydrogens (tertiary/aromatic N) is 1. The highest BCUT2D eigenvalue weighted by molar-refractivity contribution is 5.97. The van der Waals surface area contributed by atoms with Crippen molar-refractivity contribution in [2.45, 2.75) is 75.3 Å². The smallest absolute Gasteiger partial charge is 0.328 e. The van der Waals surface area contributed by atoms with Gasteiger partial charge in [-0.1, -0.05) is 66.7 Å². The second-order valence-corrected chi connectivity index (χ2v) is 13.3. The molecule has 3 atom stereocenters. The van der Waals surface area contributed by atoms with E-state index in [9.17, 15) is 24.0 Å². The second-order valence-electron chi connectivity index (χ2n) is 13.3. The predicted molar refractivity (Wildman–Crippen MR) is 192 cm³/mol. The van der Waals surface area contributed by atoms with Crippen LogP contribution in [0.5, 0.6) is 5.75 Å². The Bertz CT molecular complexity index is 1710. The minimum Gasteiger partial charge on any atom is -0.496 e. The maximum absolute atomic E-state index is 14.3. The second kappa shape index (κ2) is 17.2. The Morgan fingerprint density at radius 1 is 0.863 bits per heavy atom. The van der Waals surface area contributed by atoms with Crippen LogP contribution in [-0.2, 0) is 29.3 Å². The minimum absolute atomic E-state index is 0.0401.